The second-order valence-corrected chi connectivity index (χ2v) is 5.16. The van der Waals surface area contributed by atoms with Crippen LogP contribution in [-0.2, 0) is 6.54 Å². The summed E-state index contributed by atoms with van der Waals surface area (Å²) < 4.78 is 0.578. The van der Waals surface area contributed by atoms with E-state index >= 15 is 0 Å². The zero-order chi connectivity index (χ0) is 13.0. The van der Waals surface area contributed by atoms with E-state index in [1.165, 1.54) is 6.07 Å². The molecule has 1 aliphatic carbocycles. The Balaban J connectivity index is 2.03. The molecule has 1 atom stereocenters. The largest absolute Gasteiger partial charge is 0.310 e. The van der Waals surface area contributed by atoms with Crippen LogP contribution in [0.2, 0.25) is 0 Å². The number of nitro groups is 1. The van der Waals surface area contributed by atoms with E-state index in [0.29, 0.717) is 17.1 Å². The second kappa shape index (κ2) is 6.11. The van der Waals surface area contributed by atoms with Crippen LogP contribution in [0, 0.1) is 10.1 Å². The third-order valence-electron chi connectivity index (χ3n) is 3.11. The molecule has 0 spiro atoms. The van der Waals surface area contributed by atoms with Crippen molar-refractivity contribution in [1.29, 1.82) is 0 Å². The summed E-state index contributed by atoms with van der Waals surface area (Å²) in [4.78, 5) is 10.5. The van der Waals surface area contributed by atoms with Crippen LogP contribution in [-0.4, -0.2) is 11.0 Å². The maximum absolute atomic E-state index is 10.8. The molecule has 0 saturated heterocycles. The minimum absolute atomic E-state index is 0.123. The Bertz CT molecular complexity index is 474. The van der Waals surface area contributed by atoms with Gasteiger partial charge in [0.2, 0.25) is 0 Å². The highest BCUT2D eigenvalue weighted by Gasteiger charge is 2.16. The van der Waals surface area contributed by atoms with Crippen LogP contribution < -0.4 is 5.32 Å². The Hall–Kier alpha value is -1.20. The first kappa shape index (κ1) is 13.2. The minimum atomic E-state index is -0.364. The van der Waals surface area contributed by atoms with E-state index in [1.807, 2.05) is 6.07 Å². The van der Waals surface area contributed by atoms with Gasteiger partial charge in [-0.15, -0.1) is 0 Å². The van der Waals surface area contributed by atoms with Gasteiger partial charge in [-0.05, 0) is 40.8 Å². The van der Waals surface area contributed by atoms with Gasteiger partial charge in [0.15, 0.2) is 0 Å². The van der Waals surface area contributed by atoms with Crippen LogP contribution in [0.1, 0.15) is 24.8 Å². The molecule has 1 aromatic carbocycles. The molecule has 0 aliphatic heterocycles. The SMILES string of the molecule is O=[N+]([O-])c1cccc(CNC2CC=CCC2)c1Br. The summed E-state index contributed by atoms with van der Waals surface area (Å²) in [6.07, 6.45) is 7.65. The molecule has 4 nitrogen and oxygen atoms in total. The molecule has 0 heterocycles. The molecule has 1 aromatic rings. The summed E-state index contributed by atoms with van der Waals surface area (Å²) in [7, 11) is 0. The number of nitrogens with one attached hydrogen (secondary N) is 1. The standard InChI is InChI=1S/C13H15BrN2O2/c14-13-10(5-4-8-12(13)16(17)18)9-15-11-6-2-1-3-7-11/h1-2,4-5,8,11,15H,3,6-7,9H2. The molecule has 0 fully saturated rings. The van der Waals surface area contributed by atoms with Crippen LogP contribution in [0.25, 0.3) is 0 Å². The molecular formula is C13H15BrN2O2. The molecule has 96 valence electrons. The Labute approximate surface area is 114 Å². The number of nitro benzene ring substituents is 1. The number of rotatable bonds is 4. The summed E-state index contributed by atoms with van der Waals surface area (Å²) in [6.45, 7) is 0.654. The van der Waals surface area contributed by atoms with Crippen molar-refractivity contribution in [2.24, 2.45) is 0 Å². The highest BCUT2D eigenvalue weighted by molar-refractivity contribution is 9.10. The van der Waals surface area contributed by atoms with Crippen molar-refractivity contribution in [3.05, 3.63) is 50.5 Å². The maximum Gasteiger partial charge on any atom is 0.283 e. The monoisotopic (exact) mass is 310 g/mol. The molecule has 2 rings (SSSR count). The minimum Gasteiger partial charge on any atom is -0.310 e. The molecule has 1 unspecified atom stereocenters. The molecule has 0 amide bonds. The van der Waals surface area contributed by atoms with E-state index in [1.54, 1.807) is 6.07 Å². The number of allylic oxidation sites excluding steroid dienone is 1. The number of benzene rings is 1. The maximum atomic E-state index is 10.8. The van der Waals surface area contributed by atoms with Gasteiger partial charge in [-0.2, -0.15) is 0 Å². The van der Waals surface area contributed by atoms with Crippen LogP contribution in [0.15, 0.2) is 34.8 Å². The summed E-state index contributed by atoms with van der Waals surface area (Å²) in [5.74, 6) is 0. The van der Waals surface area contributed by atoms with E-state index in [2.05, 4.69) is 33.4 Å². The van der Waals surface area contributed by atoms with E-state index in [-0.39, 0.29) is 10.6 Å². The molecule has 18 heavy (non-hydrogen) atoms. The molecule has 1 aliphatic rings. The van der Waals surface area contributed by atoms with Crippen LogP contribution in [0.5, 0.6) is 0 Å². The van der Waals surface area contributed by atoms with E-state index in [0.717, 1.165) is 24.8 Å². The lowest BCUT2D eigenvalue weighted by Gasteiger charge is -2.19. The summed E-state index contributed by atoms with van der Waals surface area (Å²) in [5, 5.41) is 14.3. The van der Waals surface area contributed by atoms with Gasteiger partial charge in [0, 0.05) is 18.7 Å². The third kappa shape index (κ3) is 3.17. The Kier molecular flexibility index (Phi) is 4.49. The molecule has 0 bridgehead atoms. The number of hydrogen-bond donors (Lipinski definition) is 1. The van der Waals surface area contributed by atoms with Gasteiger partial charge in [0.1, 0.15) is 0 Å². The average molecular weight is 311 g/mol. The predicted molar refractivity (Wildman–Crippen MR) is 74.4 cm³/mol. The zero-order valence-electron chi connectivity index (χ0n) is 9.93. The lowest BCUT2D eigenvalue weighted by atomic mass is 10.0. The van der Waals surface area contributed by atoms with Gasteiger partial charge >= 0.3 is 0 Å². The fourth-order valence-corrected chi connectivity index (χ4v) is 2.63. The fourth-order valence-electron chi connectivity index (χ4n) is 2.08. The summed E-state index contributed by atoms with van der Waals surface area (Å²) in [5.41, 5.74) is 1.05. The highest BCUT2D eigenvalue weighted by Crippen LogP contribution is 2.28. The smallest absolute Gasteiger partial charge is 0.283 e. The second-order valence-electron chi connectivity index (χ2n) is 4.37. The Morgan fingerprint density at radius 1 is 1.44 bits per heavy atom. The van der Waals surface area contributed by atoms with Crippen molar-refractivity contribution in [1.82, 2.24) is 5.32 Å². The molecule has 1 N–H and O–H groups in total. The van der Waals surface area contributed by atoms with Gasteiger partial charge in [0.25, 0.3) is 5.69 Å². The van der Waals surface area contributed by atoms with E-state index in [9.17, 15) is 10.1 Å². The lowest BCUT2D eigenvalue weighted by Crippen LogP contribution is -2.29. The molecule has 0 radical (unpaired) electrons. The topological polar surface area (TPSA) is 55.2 Å². The first-order valence-corrected chi connectivity index (χ1v) is 6.78. The highest BCUT2D eigenvalue weighted by atomic mass is 79.9. The van der Waals surface area contributed by atoms with E-state index < -0.39 is 0 Å². The third-order valence-corrected chi connectivity index (χ3v) is 4.02. The van der Waals surface area contributed by atoms with Crippen molar-refractivity contribution in [2.45, 2.75) is 31.8 Å². The number of nitrogens with zero attached hydrogens (tertiary/aromatic N) is 1. The molecule has 0 aromatic heterocycles. The summed E-state index contributed by atoms with van der Waals surface area (Å²) >= 11 is 3.31. The first-order valence-electron chi connectivity index (χ1n) is 5.98. The molecule has 5 heteroatoms. The van der Waals surface area contributed by atoms with Crippen LogP contribution in [0.4, 0.5) is 5.69 Å². The fraction of sp³-hybridized carbons (Fsp3) is 0.385. The first-order chi connectivity index (χ1) is 8.68. The van der Waals surface area contributed by atoms with Crippen LogP contribution in [0.3, 0.4) is 0 Å². The summed E-state index contributed by atoms with van der Waals surface area (Å²) in [6, 6.07) is 5.61. The van der Waals surface area contributed by atoms with Crippen molar-refractivity contribution in [3.8, 4) is 0 Å². The van der Waals surface area contributed by atoms with Gasteiger partial charge in [-0.3, -0.25) is 10.1 Å². The average Bonchev–Trinajstić information content (AvgIpc) is 2.38. The lowest BCUT2D eigenvalue weighted by molar-refractivity contribution is -0.385. The quantitative estimate of drug-likeness (QED) is 0.525. The van der Waals surface area contributed by atoms with Crippen molar-refractivity contribution < 1.29 is 4.92 Å². The van der Waals surface area contributed by atoms with Crippen molar-refractivity contribution in [2.75, 3.05) is 0 Å². The van der Waals surface area contributed by atoms with Crippen LogP contribution >= 0.6 is 15.9 Å². The van der Waals surface area contributed by atoms with Gasteiger partial charge in [-0.1, -0.05) is 24.3 Å². The number of halogens is 1. The van der Waals surface area contributed by atoms with E-state index in [4.69, 9.17) is 0 Å². The Morgan fingerprint density at radius 3 is 2.94 bits per heavy atom. The normalized spacial score (nSPS) is 18.8. The predicted octanol–water partition coefficient (Wildman–Crippen LogP) is 3.56. The van der Waals surface area contributed by atoms with Crippen molar-refractivity contribution >= 4 is 21.6 Å². The number of hydrogen-bond acceptors (Lipinski definition) is 3. The molecule has 0 saturated carbocycles. The van der Waals surface area contributed by atoms with Gasteiger partial charge in [-0.25, -0.2) is 0 Å². The van der Waals surface area contributed by atoms with Gasteiger partial charge < -0.3 is 5.32 Å². The van der Waals surface area contributed by atoms with Crippen molar-refractivity contribution in [3.63, 3.8) is 0 Å². The van der Waals surface area contributed by atoms with Gasteiger partial charge in [0.05, 0.1) is 9.40 Å². The zero-order valence-corrected chi connectivity index (χ0v) is 11.5. The Morgan fingerprint density at radius 2 is 2.28 bits per heavy atom. The molecular weight excluding hydrogens is 296 g/mol.